The van der Waals surface area contributed by atoms with Crippen molar-refractivity contribution in [2.75, 3.05) is 6.54 Å². The van der Waals surface area contributed by atoms with Gasteiger partial charge in [-0.3, -0.25) is 24.0 Å². The number of amides is 4. The van der Waals surface area contributed by atoms with Crippen molar-refractivity contribution >= 4 is 33.8 Å². The minimum Gasteiger partial charge on any atom is -0.444 e. The number of hydrogen-bond donors (Lipinski definition) is 3. The Labute approximate surface area is 255 Å². The summed E-state index contributed by atoms with van der Waals surface area (Å²) in [6.45, 7) is 0.137. The Kier molecular flexibility index (Phi) is 8.16. The molecule has 5 aliphatic rings. The van der Waals surface area contributed by atoms with Crippen LogP contribution in [0.25, 0.3) is 0 Å². The maximum atomic E-state index is 14.2. The lowest BCUT2D eigenvalue weighted by Crippen LogP contribution is -2.57. The molecule has 1 aromatic rings. The number of nitrogens with one attached hydrogen (secondary N) is 2. The summed E-state index contributed by atoms with van der Waals surface area (Å²) in [5.74, 6) is -2.73. The largest absolute Gasteiger partial charge is 0.444 e. The summed E-state index contributed by atoms with van der Waals surface area (Å²) in [6, 6.07) is 2.68. The van der Waals surface area contributed by atoms with Crippen LogP contribution >= 0.6 is 0 Å². The fraction of sp³-hybridized carbons (Fsp3) is 0.600. The molecule has 1 aromatic carbocycles. The van der Waals surface area contributed by atoms with Crippen LogP contribution in [0.4, 0.5) is 9.18 Å². The number of fused-ring (bicyclic) bond motifs is 3. The number of allylic oxidation sites excluding steroid dienone is 1. The van der Waals surface area contributed by atoms with Gasteiger partial charge >= 0.3 is 6.09 Å². The fourth-order valence-corrected chi connectivity index (χ4v) is 7.83. The molecule has 0 unspecified atom stereocenters. The van der Waals surface area contributed by atoms with Gasteiger partial charge < -0.3 is 20.7 Å². The first-order valence-electron chi connectivity index (χ1n) is 15.3. The maximum absolute atomic E-state index is 14.2. The van der Waals surface area contributed by atoms with Gasteiger partial charge in [0.25, 0.3) is 5.91 Å². The zero-order valence-corrected chi connectivity index (χ0v) is 25.2. The smallest absolute Gasteiger partial charge is 0.410 e. The first-order chi connectivity index (χ1) is 21.0. The molecular formula is C30H38FN5O7S. The van der Waals surface area contributed by atoms with Gasteiger partial charge in [-0.05, 0) is 50.2 Å². The third-order valence-corrected chi connectivity index (χ3v) is 11.2. The lowest BCUT2D eigenvalue weighted by Gasteiger charge is -2.28. The Morgan fingerprint density at radius 3 is 2.66 bits per heavy atom. The maximum Gasteiger partial charge on any atom is 0.410 e. The van der Waals surface area contributed by atoms with Crippen LogP contribution in [0.1, 0.15) is 68.9 Å². The highest BCUT2D eigenvalue weighted by atomic mass is 32.2. The Bertz CT molecular complexity index is 1500. The van der Waals surface area contributed by atoms with Gasteiger partial charge in [0.15, 0.2) is 0 Å². The molecule has 5 atom stereocenters. The van der Waals surface area contributed by atoms with Crippen LogP contribution < -0.4 is 15.8 Å². The first-order valence-corrected chi connectivity index (χ1v) is 16.9. The number of halogens is 1. The number of rotatable bonds is 4. The first kappa shape index (κ1) is 30.5. The number of carbonyl (C=O) groups excluding carboxylic acids is 4. The predicted octanol–water partition coefficient (Wildman–Crippen LogP) is 1.58. The minimum atomic E-state index is -3.86. The van der Waals surface area contributed by atoms with Gasteiger partial charge in [0.2, 0.25) is 21.8 Å². The zero-order chi connectivity index (χ0) is 31.2. The average Bonchev–Trinajstić information content (AvgIpc) is 3.86. The van der Waals surface area contributed by atoms with E-state index in [0.717, 1.165) is 19.3 Å². The van der Waals surface area contributed by atoms with E-state index in [1.807, 2.05) is 12.2 Å². The van der Waals surface area contributed by atoms with E-state index in [1.165, 1.54) is 15.9 Å². The van der Waals surface area contributed by atoms with Crippen LogP contribution in [0, 0.1) is 11.7 Å². The van der Waals surface area contributed by atoms with Gasteiger partial charge in [-0.1, -0.05) is 37.1 Å². The van der Waals surface area contributed by atoms with Crippen molar-refractivity contribution in [1.82, 2.24) is 19.8 Å². The Hall–Kier alpha value is -3.52. The third kappa shape index (κ3) is 6.06. The Balaban J connectivity index is 1.20. The van der Waals surface area contributed by atoms with Crippen molar-refractivity contribution in [3.63, 3.8) is 0 Å². The predicted molar refractivity (Wildman–Crippen MR) is 155 cm³/mol. The van der Waals surface area contributed by atoms with Gasteiger partial charge in [0, 0.05) is 24.4 Å². The van der Waals surface area contributed by atoms with Crippen molar-refractivity contribution in [2.24, 2.45) is 11.7 Å². The topological polar surface area (TPSA) is 168 Å². The summed E-state index contributed by atoms with van der Waals surface area (Å²) in [4.78, 5) is 56.5. The van der Waals surface area contributed by atoms with E-state index in [4.69, 9.17) is 10.5 Å². The van der Waals surface area contributed by atoms with Crippen molar-refractivity contribution in [3.05, 3.63) is 47.3 Å². The van der Waals surface area contributed by atoms with Crippen LogP contribution in [-0.4, -0.2) is 77.6 Å². The fourth-order valence-electron chi connectivity index (χ4n) is 6.47. The molecule has 0 radical (unpaired) electrons. The molecule has 1 saturated heterocycles. The van der Waals surface area contributed by atoms with E-state index in [1.54, 1.807) is 12.1 Å². The van der Waals surface area contributed by atoms with Gasteiger partial charge in [0.05, 0.1) is 24.4 Å². The molecule has 12 nitrogen and oxygen atoms in total. The lowest BCUT2D eigenvalue weighted by atomic mass is 10.1. The molecule has 44 heavy (non-hydrogen) atoms. The molecule has 2 saturated carbocycles. The number of sulfonamides is 1. The molecule has 0 bridgehead atoms. The second-order valence-corrected chi connectivity index (χ2v) is 14.6. The van der Waals surface area contributed by atoms with Crippen molar-refractivity contribution in [2.45, 2.75) is 99.9 Å². The highest BCUT2D eigenvalue weighted by Crippen LogP contribution is 2.46. The van der Waals surface area contributed by atoms with Crippen molar-refractivity contribution in [3.8, 4) is 0 Å². The molecule has 238 valence electrons. The number of carbonyl (C=O) groups is 4. The summed E-state index contributed by atoms with van der Waals surface area (Å²) in [7, 11) is -3.86. The van der Waals surface area contributed by atoms with E-state index in [0.29, 0.717) is 36.8 Å². The molecule has 0 aromatic heterocycles. The summed E-state index contributed by atoms with van der Waals surface area (Å²) < 4.78 is 47.3. The van der Waals surface area contributed by atoms with Gasteiger partial charge in [-0.2, -0.15) is 0 Å². The SMILES string of the molecule is N[C@H]1CCCCC/C=C\[C@@H]2C[C@@]2(C(=O)NS(=O)(=O)C2CC2)NC(=O)[C@@H]2C[C@@H](OC(=O)N3Cc4cccc(F)c4C3)CN2C1=O. The average molecular weight is 632 g/mol. The number of benzene rings is 1. The number of hydrogen-bond acceptors (Lipinski definition) is 8. The molecule has 4 N–H and O–H groups in total. The third-order valence-electron chi connectivity index (χ3n) is 9.34. The normalized spacial score (nSPS) is 31.5. The van der Waals surface area contributed by atoms with Gasteiger partial charge in [-0.25, -0.2) is 17.6 Å². The highest BCUT2D eigenvalue weighted by molar-refractivity contribution is 7.91. The molecule has 6 rings (SSSR count). The molecule has 14 heteroatoms. The summed E-state index contributed by atoms with van der Waals surface area (Å²) in [6.07, 6.45) is 6.91. The Morgan fingerprint density at radius 1 is 1.11 bits per heavy atom. The molecular weight excluding hydrogens is 593 g/mol. The highest BCUT2D eigenvalue weighted by Gasteiger charge is 2.62. The molecule has 0 spiro atoms. The molecule has 3 aliphatic heterocycles. The van der Waals surface area contributed by atoms with Crippen LogP contribution in [0.3, 0.4) is 0 Å². The molecule has 2 aliphatic carbocycles. The number of ether oxygens (including phenoxy) is 1. The summed E-state index contributed by atoms with van der Waals surface area (Å²) in [5.41, 5.74) is 5.89. The van der Waals surface area contributed by atoms with E-state index in [9.17, 15) is 32.0 Å². The van der Waals surface area contributed by atoms with Crippen LogP contribution in [0.2, 0.25) is 0 Å². The molecule has 3 fully saturated rings. The summed E-state index contributed by atoms with van der Waals surface area (Å²) in [5, 5.41) is 2.16. The number of nitrogens with two attached hydrogens (primary N) is 1. The van der Waals surface area contributed by atoms with Crippen LogP contribution in [0.15, 0.2) is 30.4 Å². The summed E-state index contributed by atoms with van der Waals surface area (Å²) >= 11 is 0. The zero-order valence-electron chi connectivity index (χ0n) is 24.4. The minimum absolute atomic E-state index is 0.0379. The lowest BCUT2D eigenvalue weighted by molar-refractivity contribution is -0.140. The van der Waals surface area contributed by atoms with Gasteiger partial charge in [-0.15, -0.1) is 0 Å². The molecule has 3 heterocycles. The van der Waals surface area contributed by atoms with Crippen LogP contribution in [-0.2, 0) is 42.2 Å². The van der Waals surface area contributed by atoms with Crippen molar-refractivity contribution < 1.29 is 36.7 Å². The quantitative estimate of drug-likeness (QED) is 0.421. The van der Waals surface area contributed by atoms with E-state index >= 15 is 0 Å². The van der Waals surface area contributed by atoms with E-state index in [-0.39, 0.29) is 32.5 Å². The van der Waals surface area contributed by atoms with E-state index in [2.05, 4.69) is 10.0 Å². The molecule has 4 amide bonds. The second kappa shape index (κ2) is 11.8. The number of nitrogens with zero attached hydrogens (tertiary/aromatic N) is 2. The standard InChI is InChI=1S/C30H38FN5O7S/c31-23-9-6-7-18-15-35(17-22(18)23)29(40)43-20-13-25-26(37)33-30(28(39)34-44(41,42)21-11-12-21)14-19(30)8-4-2-1-3-5-10-24(32)27(38)36(25)16-20/h4,6-9,19-21,24-25H,1-3,5,10-17,32H2,(H,33,37)(H,34,39)/b8-4-/t19-,20-,24+,25+,30-/m1/s1. The van der Waals surface area contributed by atoms with Crippen molar-refractivity contribution in [1.29, 1.82) is 0 Å². The van der Waals surface area contributed by atoms with Crippen LogP contribution in [0.5, 0.6) is 0 Å². The monoisotopic (exact) mass is 631 g/mol. The second-order valence-electron chi connectivity index (χ2n) is 12.6. The van der Waals surface area contributed by atoms with Gasteiger partial charge in [0.1, 0.15) is 23.5 Å². The van der Waals surface area contributed by atoms with E-state index < -0.39 is 74.5 Å². The Morgan fingerprint density at radius 2 is 1.91 bits per heavy atom.